The van der Waals surface area contributed by atoms with E-state index in [0.717, 1.165) is 19.6 Å². The minimum absolute atomic E-state index is 0.224. The maximum atomic E-state index is 11.1. The fourth-order valence-corrected chi connectivity index (χ4v) is 3.05. The number of amides is 1. The van der Waals surface area contributed by atoms with Crippen LogP contribution in [0.15, 0.2) is 11.6 Å². The standard InChI is InChI=1S/C10H13N3OS/c14-10-1-8-4-13(5-9(8)12-10)3-7-2-11-15-6-7/h2,6,8-9H,1,3-5H2,(H,12,14)/t8-,9+/m0/s1. The molecule has 5 heteroatoms. The molecule has 1 aromatic rings. The minimum atomic E-state index is 0.224. The molecule has 0 aromatic carbocycles. The fraction of sp³-hybridized carbons (Fsp3) is 0.600. The second-order valence-electron chi connectivity index (χ2n) is 4.36. The zero-order chi connectivity index (χ0) is 10.3. The predicted molar refractivity (Wildman–Crippen MR) is 57.4 cm³/mol. The van der Waals surface area contributed by atoms with E-state index in [2.05, 4.69) is 20.0 Å². The molecule has 0 aliphatic carbocycles. The maximum Gasteiger partial charge on any atom is 0.220 e. The second kappa shape index (κ2) is 3.57. The maximum absolute atomic E-state index is 11.1. The van der Waals surface area contributed by atoms with E-state index in [9.17, 15) is 4.79 Å². The molecule has 3 rings (SSSR count). The quantitative estimate of drug-likeness (QED) is 0.792. The molecule has 2 fully saturated rings. The Morgan fingerprint density at radius 2 is 2.53 bits per heavy atom. The molecule has 1 N–H and O–H groups in total. The van der Waals surface area contributed by atoms with E-state index in [1.807, 2.05) is 6.20 Å². The average molecular weight is 223 g/mol. The molecule has 4 nitrogen and oxygen atoms in total. The van der Waals surface area contributed by atoms with Gasteiger partial charge in [0, 0.05) is 49.6 Å². The van der Waals surface area contributed by atoms with Gasteiger partial charge >= 0.3 is 0 Å². The highest BCUT2D eigenvalue weighted by Crippen LogP contribution is 2.26. The Balaban J connectivity index is 1.61. The van der Waals surface area contributed by atoms with Crippen LogP contribution >= 0.6 is 11.5 Å². The summed E-state index contributed by atoms with van der Waals surface area (Å²) in [6.45, 7) is 3.00. The molecule has 0 bridgehead atoms. The van der Waals surface area contributed by atoms with Crippen molar-refractivity contribution in [3.05, 3.63) is 17.1 Å². The van der Waals surface area contributed by atoms with E-state index >= 15 is 0 Å². The molecule has 0 unspecified atom stereocenters. The lowest BCUT2D eigenvalue weighted by Gasteiger charge is -2.15. The van der Waals surface area contributed by atoms with E-state index in [-0.39, 0.29) is 5.91 Å². The number of carbonyl (C=O) groups excluding carboxylic acids is 1. The summed E-state index contributed by atoms with van der Waals surface area (Å²) in [6, 6.07) is 0.393. The van der Waals surface area contributed by atoms with Crippen LogP contribution in [0, 0.1) is 5.92 Å². The molecular formula is C10H13N3OS. The summed E-state index contributed by atoms with van der Waals surface area (Å²) in [5.41, 5.74) is 1.28. The SMILES string of the molecule is O=C1C[C@H]2CN(Cc3cnsc3)C[C@H]2N1. The number of rotatable bonds is 2. The van der Waals surface area contributed by atoms with Gasteiger partial charge in [-0.3, -0.25) is 9.69 Å². The highest BCUT2D eigenvalue weighted by Gasteiger charge is 2.39. The van der Waals surface area contributed by atoms with Gasteiger partial charge in [0.1, 0.15) is 0 Å². The van der Waals surface area contributed by atoms with Crippen molar-refractivity contribution in [2.75, 3.05) is 13.1 Å². The highest BCUT2D eigenvalue weighted by atomic mass is 32.1. The molecule has 2 aliphatic heterocycles. The van der Waals surface area contributed by atoms with Gasteiger partial charge in [-0.15, -0.1) is 0 Å². The monoisotopic (exact) mass is 223 g/mol. The molecule has 3 heterocycles. The van der Waals surface area contributed by atoms with Crippen molar-refractivity contribution in [2.45, 2.75) is 19.0 Å². The zero-order valence-electron chi connectivity index (χ0n) is 8.35. The first-order valence-electron chi connectivity index (χ1n) is 5.21. The van der Waals surface area contributed by atoms with E-state index < -0.39 is 0 Å². The van der Waals surface area contributed by atoms with Gasteiger partial charge in [0.25, 0.3) is 0 Å². The van der Waals surface area contributed by atoms with Crippen LogP contribution in [0.5, 0.6) is 0 Å². The van der Waals surface area contributed by atoms with Crippen LogP contribution in [0.2, 0.25) is 0 Å². The Hall–Kier alpha value is -0.940. The predicted octanol–water partition coefficient (Wildman–Crippen LogP) is 0.463. The third-order valence-electron chi connectivity index (χ3n) is 3.20. The molecule has 2 saturated heterocycles. The number of nitrogens with one attached hydrogen (secondary N) is 1. The van der Waals surface area contributed by atoms with Crippen molar-refractivity contribution in [2.24, 2.45) is 5.92 Å². The van der Waals surface area contributed by atoms with Crippen molar-refractivity contribution in [1.29, 1.82) is 0 Å². The van der Waals surface area contributed by atoms with Crippen molar-refractivity contribution < 1.29 is 4.79 Å². The third kappa shape index (κ3) is 1.77. The van der Waals surface area contributed by atoms with Crippen molar-refractivity contribution in [3.8, 4) is 0 Å². The van der Waals surface area contributed by atoms with Gasteiger partial charge in [0.15, 0.2) is 0 Å². The van der Waals surface area contributed by atoms with Crippen molar-refractivity contribution in [1.82, 2.24) is 14.6 Å². The van der Waals surface area contributed by atoms with Crippen LogP contribution in [0.25, 0.3) is 0 Å². The fourth-order valence-electron chi connectivity index (χ4n) is 2.53. The molecule has 80 valence electrons. The third-order valence-corrected chi connectivity index (χ3v) is 3.84. The van der Waals surface area contributed by atoms with Gasteiger partial charge in [-0.25, -0.2) is 4.37 Å². The van der Waals surface area contributed by atoms with Crippen molar-refractivity contribution in [3.63, 3.8) is 0 Å². The Kier molecular flexibility index (Phi) is 2.21. The van der Waals surface area contributed by atoms with Crippen LogP contribution in [-0.4, -0.2) is 34.3 Å². The molecule has 2 atom stereocenters. The van der Waals surface area contributed by atoms with Gasteiger partial charge < -0.3 is 5.32 Å². The van der Waals surface area contributed by atoms with Crippen molar-refractivity contribution >= 4 is 17.4 Å². The zero-order valence-corrected chi connectivity index (χ0v) is 9.17. The number of likely N-dealkylation sites (tertiary alicyclic amines) is 1. The number of carbonyl (C=O) groups is 1. The molecule has 15 heavy (non-hydrogen) atoms. The molecule has 1 amide bonds. The van der Waals surface area contributed by atoms with Gasteiger partial charge in [-0.2, -0.15) is 0 Å². The van der Waals surface area contributed by atoms with E-state index in [4.69, 9.17) is 0 Å². The normalized spacial score (nSPS) is 30.5. The summed E-state index contributed by atoms with van der Waals surface area (Å²) in [4.78, 5) is 13.5. The highest BCUT2D eigenvalue weighted by molar-refractivity contribution is 7.03. The number of hydrogen-bond donors (Lipinski definition) is 1. The largest absolute Gasteiger partial charge is 0.352 e. The molecule has 0 saturated carbocycles. The number of aromatic nitrogens is 1. The van der Waals surface area contributed by atoms with Crippen LogP contribution in [-0.2, 0) is 11.3 Å². The first kappa shape index (κ1) is 9.30. The average Bonchev–Trinajstić information content (AvgIpc) is 2.81. The van der Waals surface area contributed by atoms with Crippen LogP contribution in [0.4, 0.5) is 0 Å². The first-order chi connectivity index (χ1) is 7.31. The minimum Gasteiger partial charge on any atom is -0.352 e. The second-order valence-corrected chi connectivity index (χ2v) is 5.02. The Labute approximate surface area is 92.4 Å². The smallest absolute Gasteiger partial charge is 0.220 e. The van der Waals surface area contributed by atoms with Crippen LogP contribution < -0.4 is 5.32 Å². The number of hydrogen-bond acceptors (Lipinski definition) is 4. The van der Waals surface area contributed by atoms with E-state index in [0.29, 0.717) is 18.4 Å². The summed E-state index contributed by atoms with van der Waals surface area (Å²) < 4.78 is 4.09. The number of fused-ring (bicyclic) bond motifs is 1. The molecule has 1 aromatic heterocycles. The number of nitrogens with zero attached hydrogens (tertiary/aromatic N) is 2. The van der Waals surface area contributed by atoms with E-state index in [1.165, 1.54) is 17.1 Å². The van der Waals surface area contributed by atoms with Gasteiger partial charge in [0.05, 0.1) is 0 Å². The Morgan fingerprint density at radius 3 is 3.27 bits per heavy atom. The lowest BCUT2D eigenvalue weighted by molar-refractivity contribution is -0.119. The molecular weight excluding hydrogens is 210 g/mol. The first-order valence-corrected chi connectivity index (χ1v) is 6.05. The summed E-state index contributed by atoms with van der Waals surface area (Å²) >= 11 is 1.50. The summed E-state index contributed by atoms with van der Waals surface area (Å²) in [5.74, 6) is 0.756. The van der Waals surface area contributed by atoms with Gasteiger partial charge in [-0.05, 0) is 17.1 Å². The van der Waals surface area contributed by atoms with Gasteiger partial charge in [0.2, 0.25) is 5.91 Å². The summed E-state index contributed by atoms with van der Waals surface area (Å²) in [6.07, 6.45) is 2.64. The topological polar surface area (TPSA) is 45.2 Å². The van der Waals surface area contributed by atoms with Gasteiger partial charge in [-0.1, -0.05) is 0 Å². The molecule has 0 radical (unpaired) electrons. The Bertz CT molecular complexity index is 349. The lowest BCUT2D eigenvalue weighted by atomic mass is 10.1. The lowest BCUT2D eigenvalue weighted by Crippen LogP contribution is -2.32. The van der Waals surface area contributed by atoms with Crippen LogP contribution in [0.3, 0.4) is 0 Å². The molecule has 2 aliphatic rings. The van der Waals surface area contributed by atoms with Crippen LogP contribution in [0.1, 0.15) is 12.0 Å². The molecule has 0 spiro atoms. The Morgan fingerprint density at radius 1 is 1.60 bits per heavy atom. The summed E-state index contributed by atoms with van der Waals surface area (Å²) in [7, 11) is 0. The van der Waals surface area contributed by atoms with E-state index in [1.54, 1.807) is 0 Å². The summed E-state index contributed by atoms with van der Waals surface area (Å²) in [5, 5.41) is 5.12.